The van der Waals surface area contributed by atoms with Crippen molar-refractivity contribution >= 4 is 41.4 Å². The van der Waals surface area contributed by atoms with Crippen molar-refractivity contribution in [3.05, 3.63) is 0 Å². The Bertz CT molecular complexity index is 75.5. The van der Waals surface area contributed by atoms with Crippen molar-refractivity contribution in [3.8, 4) is 0 Å². The van der Waals surface area contributed by atoms with Gasteiger partial charge in [0, 0.05) is 20.4 Å². The smallest absolute Gasteiger partial charge is 0.355 e. The first kappa shape index (κ1) is 10.2. The molecular formula is C4H10BBrOS2. The van der Waals surface area contributed by atoms with Crippen molar-refractivity contribution < 1.29 is 4.65 Å². The minimum atomic E-state index is -0.00424. The fourth-order valence-electron chi connectivity index (χ4n) is 0.219. The Labute approximate surface area is 72.5 Å². The van der Waals surface area contributed by atoms with Crippen molar-refractivity contribution in [1.29, 1.82) is 0 Å². The maximum absolute atomic E-state index is 5.38. The highest BCUT2D eigenvalue weighted by molar-refractivity contribution is 9.62. The summed E-state index contributed by atoms with van der Waals surface area (Å²) >= 11 is 3.22. The standard InChI is InChI=1S/C4H10BBrOS2/c1-4(2,3)7-5-8-9-6/h5H,1-3H3. The summed E-state index contributed by atoms with van der Waals surface area (Å²) < 4.78 is 5.38. The highest BCUT2D eigenvalue weighted by Gasteiger charge is 2.09. The Morgan fingerprint density at radius 1 is 1.44 bits per heavy atom. The molecule has 0 aliphatic carbocycles. The second-order valence-electron chi connectivity index (χ2n) is 2.56. The Morgan fingerprint density at radius 3 is 2.33 bits per heavy atom. The second-order valence-corrected chi connectivity index (χ2v) is 6.62. The van der Waals surface area contributed by atoms with Crippen LogP contribution in [0.5, 0.6) is 0 Å². The normalized spacial score (nSPS) is 11.6. The molecule has 0 amide bonds. The molecule has 54 valence electrons. The molecule has 0 aliphatic heterocycles. The van der Waals surface area contributed by atoms with Crippen LogP contribution in [0.15, 0.2) is 0 Å². The average Bonchev–Trinajstić information content (AvgIpc) is 1.63. The number of rotatable bonds is 3. The van der Waals surface area contributed by atoms with Gasteiger partial charge >= 0.3 is 6.76 Å². The Morgan fingerprint density at radius 2 is 2.00 bits per heavy atom. The van der Waals surface area contributed by atoms with Gasteiger partial charge in [-0.3, -0.25) is 0 Å². The summed E-state index contributed by atoms with van der Waals surface area (Å²) in [5.74, 6) is 0. The van der Waals surface area contributed by atoms with Gasteiger partial charge in [-0.15, -0.1) is 0 Å². The van der Waals surface area contributed by atoms with Gasteiger partial charge in [-0.25, -0.2) is 0 Å². The molecule has 0 rings (SSSR count). The largest absolute Gasteiger partial charge is 0.423 e. The third kappa shape index (κ3) is 9.20. The summed E-state index contributed by atoms with van der Waals surface area (Å²) in [5.41, 5.74) is -0.00424. The predicted octanol–water partition coefficient (Wildman–Crippen LogP) is 2.76. The fourth-order valence-corrected chi connectivity index (χ4v) is 1.60. The van der Waals surface area contributed by atoms with Crippen LogP contribution in [-0.4, -0.2) is 12.4 Å². The highest BCUT2D eigenvalue weighted by Crippen LogP contribution is 2.27. The molecule has 0 N–H and O–H groups in total. The lowest BCUT2D eigenvalue weighted by atomic mass is 10.2. The zero-order chi connectivity index (χ0) is 7.33. The molecule has 5 heteroatoms. The number of hydrogen-bond acceptors (Lipinski definition) is 3. The third-order valence-corrected chi connectivity index (χ3v) is 3.13. The van der Waals surface area contributed by atoms with E-state index in [1.807, 2.05) is 20.8 Å². The van der Waals surface area contributed by atoms with E-state index in [0.29, 0.717) is 0 Å². The maximum atomic E-state index is 5.38. The molecule has 0 saturated heterocycles. The van der Waals surface area contributed by atoms with E-state index in [0.717, 1.165) is 6.76 Å². The fraction of sp³-hybridized carbons (Fsp3) is 1.00. The van der Waals surface area contributed by atoms with Crippen LogP contribution in [0.4, 0.5) is 0 Å². The number of hydrogen-bond donors (Lipinski definition) is 0. The molecule has 0 aliphatic rings. The molecule has 0 radical (unpaired) electrons. The maximum Gasteiger partial charge on any atom is 0.355 e. The van der Waals surface area contributed by atoms with E-state index in [2.05, 4.69) is 14.8 Å². The zero-order valence-electron chi connectivity index (χ0n) is 5.81. The molecular weight excluding hydrogens is 219 g/mol. The SMILES string of the molecule is CC(C)(C)OBSSBr. The van der Waals surface area contributed by atoms with Crippen molar-refractivity contribution in [2.45, 2.75) is 26.4 Å². The Kier molecular flexibility index (Phi) is 5.60. The lowest BCUT2D eigenvalue weighted by molar-refractivity contribution is 0.144. The summed E-state index contributed by atoms with van der Waals surface area (Å²) in [7, 11) is 3.19. The first-order chi connectivity index (χ1) is 4.06. The first-order valence-electron chi connectivity index (χ1n) is 2.60. The highest BCUT2D eigenvalue weighted by atomic mass is 79.9. The molecule has 0 spiro atoms. The van der Waals surface area contributed by atoms with E-state index >= 15 is 0 Å². The first-order valence-corrected chi connectivity index (χ1v) is 6.76. The van der Waals surface area contributed by atoms with E-state index in [4.69, 9.17) is 4.65 Å². The molecule has 0 bridgehead atoms. The summed E-state index contributed by atoms with van der Waals surface area (Å²) in [6.07, 6.45) is 0. The zero-order valence-corrected chi connectivity index (χ0v) is 9.03. The van der Waals surface area contributed by atoms with Crippen LogP contribution in [0.2, 0.25) is 0 Å². The lowest BCUT2D eigenvalue weighted by Crippen LogP contribution is -2.19. The molecule has 0 aromatic carbocycles. The van der Waals surface area contributed by atoms with Crippen molar-refractivity contribution in [3.63, 3.8) is 0 Å². The molecule has 0 saturated carbocycles. The molecule has 0 aromatic rings. The van der Waals surface area contributed by atoms with Crippen molar-refractivity contribution in [2.75, 3.05) is 0 Å². The minimum absolute atomic E-state index is 0.00424. The van der Waals surface area contributed by atoms with E-state index < -0.39 is 0 Å². The molecule has 1 nitrogen and oxygen atoms in total. The Balaban J connectivity index is 3.07. The van der Waals surface area contributed by atoms with Crippen LogP contribution in [0.1, 0.15) is 20.8 Å². The van der Waals surface area contributed by atoms with Gasteiger partial charge in [0.15, 0.2) is 0 Å². The van der Waals surface area contributed by atoms with Gasteiger partial charge in [-0.1, -0.05) is 10.6 Å². The van der Waals surface area contributed by atoms with E-state index in [1.165, 1.54) is 0 Å². The monoisotopic (exact) mass is 228 g/mol. The van der Waals surface area contributed by atoms with E-state index in [1.54, 1.807) is 19.9 Å². The van der Waals surface area contributed by atoms with Gasteiger partial charge in [0.1, 0.15) is 0 Å². The van der Waals surface area contributed by atoms with Gasteiger partial charge in [-0.2, -0.15) is 0 Å². The topological polar surface area (TPSA) is 9.23 Å². The predicted molar refractivity (Wildman–Crippen MR) is 52.1 cm³/mol. The van der Waals surface area contributed by atoms with Crippen LogP contribution >= 0.6 is 34.7 Å². The summed E-state index contributed by atoms with van der Waals surface area (Å²) in [6, 6.07) is 0. The third-order valence-electron chi connectivity index (χ3n) is 0.585. The number of halogens is 1. The van der Waals surface area contributed by atoms with Crippen molar-refractivity contribution in [2.24, 2.45) is 0 Å². The van der Waals surface area contributed by atoms with Gasteiger partial charge < -0.3 is 4.65 Å². The average molecular weight is 229 g/mol. The van der Waals surface area contributed by atoms with E-state index in [-0.39, 0.29) is 5.60 Å². The van der Waals surface area contributed by atoms with Gasteiger partial charge in [-0.05, 0) is 30.0 Å². The van der Waals surface area contributed by atoms with Crippen molar-refractivity contribution in [1.82, 2.24) is 0 Å². The molecule has 9 heavy (non-hydrogen) atoms. The Hall–Kier alpha value is 1.20. The molecule has 0 aromatic heterocycles. The van der Waals surface area contributed by atoms with Crippen LogP contribution in [-0.2, 0) is 4.65 Å². The second kappa shape index (κ2) is 4.94. The minimum Gasteiger partial charge on any atom is -0.423 e. The van der Waals surface area contributed by atoms with Crippen LogP contribution in [0.3, 0.4) is 0 Å². The summed E-state index contributed by atoms with van der Waals surface area (Å²) in [5, 5.41) is 0. The lowest BCUT2D eigenvalue weighted by Gasteiger charge is -2.18. The van der Waals surface area contributed by atoms with E-state index in [9.17, 15) is 0 Å². The summed E-state index contributed by atoms with van der Waals surface area (Å²) in [6.45, 7) is 6.88. The molecule has 0 unspecified atom stereocenters. The van der Waals surface area contributed by atoms with Crippen LogP contribution in [0.25, 0.3) is 0 Å². The van der Waals surface area contributed by atoms with Gasteiger partial charge in [0.05, 0.1) is 0 Å². The van der Waals surface area contributed by atoms with Gasteiger partial charge in [0.25, 0.3) is 0 Å². The van der Waals surface area contributed by atoms with Crippen LogP contribution in [0, 0.1) is 0 Å². The van der Waals surface area contributed by atoms with Gasteiger partial charge in [0.2, 0.25) is 0 Å². The van der Waals surface area contributed by atoms with Crippen LogP contribution < -0.4 is 0 Å². The summed E-state index contributed by atoms with van der Waals surface area (Å²) in [4.78, 5) is 0. The molecule has 0 atom stereocenters. The quantitative estimate of drug-likeness (QED) is 0.418. The molecule has 0 fully saturated rings. The molecule has 0 heterocycles.